The van der Waals surface area contributed by atoms with Gasteiger partial charge in [0.25, 0.3) is 0 Å². The molecule has 1 aromatic rings. The van der Waals surface area contributed by atoms with Crippen molar-refractivity contribution in [3.05, 3.63) is 35.9 Å². The Kier molecular flexibility index (Phi) is 4.96. The summed E-state index contributed by atoms with van der Waals surface area (Å²) in [6.45, 7) is 11.7. The summed E-state index contributed by atoms with van der Waals surface area (Å²) in [6, 6.07) is 10.5. The molecule has 0 saturated carbocycles. The molecule has 1 fully saturated rings. The largest absolute Gasteiger partial charge is 0.334 e. The molecule has 3 atom stereocenters. The third-order valence-electron chi connectivity index (χ3n) is 5.55. The van der Waals surface area contributed by atoms with Crippen LogP contribution in [0, 0.1) is 0 Å². The average molecular weight is 302 g/mol. The Morgan fingerprint density at radius 3 is 2.36 bits per heavy atom. The van der Waals surface area contributed by atoms with Crippen LogP contribution in [0.25, 0.3) is 0 Å². The monoisotopic (exact) mass is 302 g/mol. The van der Waals surface area contributed by atoms with Crippen LogP contribution >= 0.6 is 0 Å². The van der Waals surface area contributed by atoms with Crippen molar-refractivity contribution < 1.29 is 4.79 Å². The van der Waals surface area contributed by atoms with Crippen molar-refractivity contribution in [2.24, 2.45) is 0 Å². The Morgan fingerprint density at radius 1 is 1.18 bits per heavy atom. The first-order chi connectivity index (χ1) is 10.3. The first-order valence-electron chi connectivity index (χ1n) is 8.46. The lowest BCUT2D eigenvalue weighted by Crippen LogP contribution is -2.60. The van der Waals surface area contributed by atoms with Gasteiger partial charge in [-0.3, -0.25) is 4.79 Å². The van der Waals surface area contributed by atoms with E-state index in [4.69, 9.17) is 0 Å². The number of amides is 1. The minimum atomic E-state index is -0.123. The molecule has 1 aliphatic heterocycles. The number of carbonyl (C=O) groups is 1. The Hall–Kier alpha value is -1.35. The molecule has 0 bridgehead atoms. The summed E-state index contributed by atoms with van der Waals surface area (Å²) < 4.78 is 0. The highest BCUT2D eigenvalue weighted by atomic mass is 16.2. The van der Waals surface area contributed by atoms with Gasteiger partial charge in [-0.25, -0.2) is 0 Å². The second kappa shape index (κ2) is 6.41. The SMILES string of the molecule is CCC1(C)CC(=O)N(Cc2ccccc2)C(C)C(C)(CC)N1. The Bertz CT molecular complexity index is 515. The van der Waals surface area contributed by atoms with Gasteiger partial charge in [0, 0.05) is 30.1 Å². The molecule has 0 radical (unpaired) electrons. The summed E-state index contributed by atoms with van der Waals surface area (Å²) >= 11 is 0. The lowest BCUT2D eigenvalue weighted by atomic mass is 9.85. The third-order valence-corrected chi connectivity index (χ3v) is 5.55. The minimum Gasteiger partial charge on any atom is -0.334 e. The molecule has 1 heterocycles. The standard InChI is InChI=1S/C19H30N2O/c1-6-18(4)13-17(22)21(14-16-11-9-8-10-12-16)15(3)19(5,7-2)20-18/h8-12,15,20H,6-7,13-14H2,1-5H3. The fraction of sp³-hybridized carbons (Fsp3) is 0.632. The summed E-state index contributed by atoms with van der Waals surface area (Å²) in [5.74, 6) is 0.255. The number of benzene rings is 1. The van der Waals surface area contributed by atoms with Crippen molar-refractivity contribution in [2.45, 2.75) is 77.5 Å². The first kappa shape index (κ1) is 17.0. The zero-order chi connectivity index (χ0) is 16.4. The highest BCUT2D eigenvalue weighted by Gasteiger charge is 2.45. The summed E-state index contributed by atoms with van der Waals surface area (Å²) in [7, 11) is 0. The molecular formula is C19H30N2O. The second-order valence-corrected chi connectivity index (χ2v) is 7.17. The average Bonchev–Trinajstić information content (AvgIpc) is 2.58. The van der Waals surface area contributed by atoms with Crippen LogP contribution in [0.1, 0.15) is 59.4 Å². The maximum Gasteiger partial charge on any atom is 0.225 e. The predicted molar refractivity (Wildman–Crippen MR) is 91.6 cm³/mol. The van der Waals surface area contributed by atoms with Crippen molar-refractivity contribution in [3.63, 3.8) is 0 Å². The van der Waals surface area contributed by atoms with Crippen molar-refractivity contribution >= 4 is 5.91 Å². The highest BCUT2D eigenvalue weighted by molar-refractivity contribution is 5.78. The van der Waals surface area contributed by atoms with E-state index >= 15 is 0 Å². The van der Waals surface area contributed by atoms with Crippen molar-refractivity contribution in [1.29, 1.82) is 0 Å². The van der Waals surface area contributed by atoms with Crippen LogP contribution in [0.3, 0.4) is 0 Å². The van der Waals surface area contributed by atoms with Crippen LogP contribution < -0.4 is 5.32 Å². The van der Waals surface area contributed by atoms with E-state index < -0.39 is 0 Å². The van der Waals surface area contributed by atoms with Gasteiger partial charge >= 0.3 is 0 Å². The number of nitrogens with one attached hydrogen (secondary N) is 1. The number of nitrogens with zero attached hydrogens (tertiary/aromatic N) is 1. The van der Waals surface area contributed by atoms with Crippen LogP contribution in [-0.2, 0) is 11.3 Å². The molecule has 122 valence electrons. The van der Waals surface area contributed by atoms with Crippen molar-refractivity contribution in [3.8, 4) is 0 Å². The van der Waals surface area contributed by atoms with Gasteiger partial charge in [0.15, 0.2) is 0 Å². The minimum absolute atomic E-state index is 0.0638. The van der Waals surface area contributed by atoms with E-state index in [9.17, 15) is 4.79 Å². The summed E-state index contributed by atoms with van der Waals surface area (Å²) in [5, 5.41) is 3.80. The van der Waals surface area contributed by atoms with Gasteiger partial charge in [-0.15, -0.1) is 0 Å². The topological polar surface area (TPSA) is 32.3 Å². The molecule has 1 aromatic carbocycles. The van der Waals surface area contributed by atoms with Gasteiger partial charge in [-0.05, 0) is 39.2 Å². The third kappa shape index (κ3) is 3.35. The lowest BCUT2D eigenvalue weighted by molar-refractivity contribution is -0.134. The van der Waals surface area contributed by atoms with E-state index in [-0.39, 0.29) is 23.0 Å². The maximum absolute atomic E-state index is 12.9. The van der Waals surface area contributed by atoms with Crippen LogP contribution in [0.15, 0.2) is 30.3 Å². The molecule has 3 heteroatoms. The Labute approximate surface area is 135 Å². The highest BCUT2D eigenvalue weighted by Crippen LogP contribution is 2.32. The van der Waals surface area contributed by atoms with Gasteiger partial charge in [-0.1, -0.05) is 44.2 Å². The molecule has 1 aliphatic rings. The maximum atomic E-state index is 12.9. The number of rotatable bonds is 4. The molecule has 22 heavy (non-hydrogen) atoms. The molecule has 2 rings (SSSR count). The Morgan fingerprint density at radius 2 is 1.82 bits per heavy atom. The molecule has 0 aliphatic carbocycles. The van der Waals surface area contributed by atoms with Crippen LogP contribution in [-0.4, -0.2) is 27.9 Å². The number of carbonyl (C=O) groups excluding carboxylic acids is 1. The summed E-state index contributed by atoms with van der Waals surface area (Å²) in [4.78, 5) is 15.0. The number of hydrogen-bond acceptors (Lipinski definition) is 2. The Balaban J connectivity index is 2.33. The fourth-order valence-electron chi connectivity index (χ4n) is 3.44. The molecular weight excluding hydrogens is 272 g/mol. The molecule has 0 aromatic heterocycles. The summed E-state index contributed by atoms with van der Waals surface area (Å²) in [6.07, 6.45) is 2.53. The van der Waals surface area contributed by atoms with E-state index in [1.807, 2.05) is 18.2 Å². The molecule has 1 N–H and O–H groups in total. The lowest BCUT2D eigenvalue weighted by Gasteiger charge is -2.43. The van der Waals surface area contributed by atoms with E-state index in [0.29, 0.717) is 13.0 Å². The quantitative estimate of drug-likeness (QED) is 0.919. The normalized spacial score (nSPS) is 32.9. The molecule has 1 amide bonds. The van der Waals surface area contributed by atoms with E-state index in [0.717, 1.165) is 12.8 Å². The van der Waals surface area contributed by atoms with Gasteiger partial charge in [0.05, 0.1) is 0 Å². The molecule has 3 nitrogen and oxygen atoms in total. The van der Waals surface area contributed by atoms with Gasteiger partial charge < -0.3 is 10.2 Å². The van der Waals surface area contributed by atoms with Gasteiger partial charge in [0.1, 0.15) is 0 Å². The predicted octanol–water partition coefficient (Wildman–Crippen LogP) is 3.73. The molecule has 1 saturated heterocycles. The van der Waals surface area contributed by atoms with Crippen molar-refractivity contribution in [1.82, 2.24) is 10.2 Å². The molecule has 0 spiro atoms. The molecule has 3 unspecified atom stereocenters. The number of hydrogen-bond donors (Lipinski definition) is 1. The van der Waals surface area contributed by atoms with Gasteiger partial charge in [-0.2, -0.15) is 0 Å². The fourth-order valence-corrected chi connectivity index (χ4v) is 3.44. The van der Waals surface area contributed by atoms with Crippen LogP contribution in [0.2, 0.25) is 0 Å². The second-order valence-electron chi connectivity index (χ2n) is 7.17. The summed E-state index contributed by atoms with van der Waals surface area (Å²) in [5.41, 5.74) is 1.01. The van der Waals surface area contributed by atoms with Gasteiger partial charge in [0.2, 0.25) is 5.91 Å². The zero-order valence-corrected chi connectivity index (χ0v) is 14.6. The zero-order valence-electron chi connectivity index (χ0n) is 14.6. The van der Waals surface area contributed by atoms with Crippen LogP contribution in [0.4, 0.5) is 0 Å². The van der Waals surface area contributed by atoms with Crippen LogP contribution in [0.5, 0.6) is 0 Å². The van der Waals surface area contributed by atoms with E-state index in [1.165, 1.54) is 5.56 Å². The smallest absolute Gasteiger partial charge is 0.225 e. The van der Waals surface area contributed by atoms with E-state index in [2.05, 4.69) is 57.0 Å². The van der Waals surface area contributed by atoms with Crippen molar-refractivity contribution in [2.75, 3.05) is 0 Å². The first-order valence-corrected chi connectivity index (χ1v) is 8.46. The van der Waals surface area contributed by atoms with E-state index in [1.54, 1.807) is 0 Å².